The van der Waals surface area contributed by atoms with E-state index >= 15 is 0 Å². The van der Waals surface area contributed by atoms with Crippen molar-refractivity contribution in [3.05, 3.63) is 35.4 Å². The monoisotopic (exact) mass is 284 g/mol. The second-order valence-corrected chi connectivity index (χ2v) is 6.73. The van der Waals surface area contributed by atoms with Gasteiger partial charge in [0.25, 0.3) is 0 Å². The van der Waals surface area contributed by atoms with Crippen LogP contribution in [0, 0.1) is 11.3 Å². The number of carbonyl (C=O) groups is 3. The highest BCUT2D eigenvalue weighted by atomic mass is 16.2. The number of carbonyl (C=O) groups excluding carboxylic acids is 3. The highest BCUT2D eigenvalue weighted by Gasteiger charge is 2.43. The van der Waals surface area contributed by atoms with Crippen LogP contribution in [0.25, 0.3) is 0 Å². The van der Waals surface area contributed by atoms with Crippen molar-refractivity contribution in [2.45, 2.75) is 45.4 Å². The molecule has 2 aliphatic rings. The van der Waals surface area contributed by atoms with Crippen molar-refractivity contribution in [2.24, 2.45) is 11.3 Å². The zero-order valence-electron chi connectivity index (χ0n) is 12.4. The Balaban J connectivity index is 1.91. The lowest BCUT2D eigenvalue weighted by atomic mass is 9.66. The number of ketones is 3. The quantitative estimate of drug-likeness (QED) is 0.615. The molecule has 0 heterocycles. The average Bonchev–Trinajstić information content (AvgIpc) is 2.50. The van der Waals surface area contributed by atoms with E-state index in [0.29, 0.717) is 12.0 Å². The van der Waals surface area contributed by atoms with Gasteiger partial charge >= 0.3 is 0 Å². The predicted molar refractivity (Wildman–Crippen MR) is 79.4 cm³/mol. The van der Waals surface area contributed by atoms with Crippen molar-refractivity contribution in [3.63, 3.8) is 0 Å². The Kier molecular flexibility index (Phi) is 3.52. The van der Waals surface area contributed by atoms with Gasteiger partial charge in [0.1, 0.15) is 0 Å². The van der Waals surface area contributed by atoms with E-state index in [9.17, 15) is 14.4 Å². The molecule has 2 aliphatic carbocycles. The Labute approximate surface area is 124 Å². The zero-order valence-corrected chi connectivity index (χ0v) is 12.4. The van der Waals surface area contributed by atoms with Crippen LogP contribution in [0.1, 0.15) is 66.2 Å². The summed E-state index contributed by atoms with van der Waals surface area (Å²) in [6.45, 7) is 2.15. The third-order valence-electron chi connectivity index (χ3n) is 5.05. The molecule has 110 valence electrons. The summed E-state index contributed by atoms with van der Waals surface area (Å²) in [4.78, 5) is 37.2. The molecule has 3 rings (SSSR count). The SMILES string of the molecule is CC1(CC2C(=O)C(=O)c3ccccc3C2=O)CCCCC1. The van der Waals surface area contributed by atoms with Crippen molar-refractivity contribution in [2.75, 3.05) is 0 Å². The van der Waals surface area contributed by atoms with Crippen LogP contribution < -0.4 is 0 Å². The van der Waals surface area contributed by atoms with E-state index in [1.807, 2.05) is 0 Å². The third kappa shape index (κ3) is 2.45. The maximum atomic E-state index is 12.6. The summed E-state index contributed by atoms with van der Waals surface area (Å²) in [6.07, 6.45) is 6.13. The van der Waals surface area contributed by atoms with Gasteiger partial charge in [0.15, 0.2) is 5.78 Å². The molecule has 1 aromatic rings. The molecule has 21 heavy (non-hydrogen) atoms. The van der Waals surface area contributed by atoms with Gasteiger partial charge in [0.05, 0.1) is 5.92 Å². The molecule has 0 amide bonds. The Hall–Kier alpha value is -1.77. The molecule has 1 saturated carbocycles. The summed E-state index contributed by atoms with van der Waals surface area (Å²) in [5, 5.41) is 0. The van der Waals surface area contributed by atoms with Crippen molar-refractivity contribution in [3.8, 4) is 0 Å². The van der Waals surface area contributed by atoms with Crippen LogP contribution in [-0.4, -0.2) is 17.3 Å². The van der Waals surface area contributed by atoms with Gasteiger partial charge in [-0.3, -0.25) is 14.4 Å². The van der Waals surface area contributed by atoms with Gasteiger partial charge in [-0.15, -0.1) is 0 Å². The summed E-state index contributed by atoms with van der Waals surface area (Å²) in [6, 6.07) is 6.68. The molecule has 0 saturated heterocycles. The van der Waals surface area contributed by atoms with Crippen molar-refractivity contribution in [1.82, 2.24) is 0 Å². The summed E-state index contributed by atoms with van der Waals surface area (Å²) in [5.41, 5.74) is 0.713. The fourth-order valence-electron chi connectivity index (χ4n) is 3.78. The van der Waals surface area contributed by atoms with Gasteiger partial charge in [0.2, 0.25) is 11.6 Å². The first-order valence-corrected chi connectivity index (χ1v) is 7.74. The molecule has 0 spiro atoms. The molecule has 0 radical (unpaired) electrons. The van der Waals surface area contributed by atoms with Crippen molar-refractivity contribution in [1.29, 1.82) is 0 Å². The normalized spacial score (nSPS) is 24.8. The number of rotatable bonds is 2. The first kappa shape index (κ1) is 14.2. The molecule has 1 fully saturated rings. The number of hydrogen-bond donors (Lipinski definition) is 0. The topological polar surface area (TPSA) is 51.2 Å². The lowest BCUT2D eigenvalue weighted by Crippen LogP contribution is -2.40. The van der Waals surface area contributed by atoms with Crippen LogP contribution in [-0.2, 0) is 4.79 Å². The average molecular weight is 284 g/mol. The maximum absolute atomic E-state index is 12.6. The molecule has 0 aromatic heterocycles. The van der Waals surface area contributed by atoms with E-state index in [-0.39, 0.29) is 16.8 Å². The highest BCUT2D eigenvalue weighted by molar-refractivity contribution is 6.51. The molecular formula is C18H20O3. The van der Waals surface area contributed by atoms with Crippen LogP contribution in [0.15, 0.2) is 24.3 Å². The lowest BCUT2D eigenvalue weighted by Gasteiger charge is -2.36. The van der Waals surface area contributed by atoms with Crippen molar-refractivity contribution >= 4 is 17.3 Å². The zero-order chi connectivity index (χ0) is 15.0. The second kappa shape index (κ2) is 5.21. The first-order valence-electron chi connectivity index (χ1n) is 7.74. The van der Waals surface area contributed by atoms with Crippen LogP contribution in [0.2, 0.25) is 0 Å². The van der Waals surface area contributed by atoms with Gasteiger partial charge in [0, 0.05) is 11.1 Å². The Morgan fingerprint density at radius 2 is 1.57 bits per heavy atom. The Morgan fingerprint density at radius 1 is 0.952 bits per heavy atom. The maximum Gasteiger partial charge on any atom is 0.230 e. The smallest absolute Gasteiger partial charge is 0.230 e. The van der Waals surface area contributed by atoms with Gasteiger partial charge < -0.3 is 0 Å². The number of fused-ring (bicyclic) bond motifs is 1. The summed E-state index contributed by atoms with van der Waals surface area (Å²) < 4.78 is 0. The van der Waals surface area contributed by atoms with E-state index < -0.39 is 17.5 Å². The number of hydrogen-bond acceptors (Lipinski definition) is 3. The first-order chi connectivity index (χ1) is 10.0. The predicted octanol–water partition coefficient (Wildman–Crippen LogP) is 3.61. The van der Waals surface area contributed by atoms with Gasteiger partial charge in [-0.05, 0) is 24.7 Å². The minimum Gasteiger partial charge on any atom is -0.293 e. The lowest BCUT2D eigenvalue weighted by molar-refractivity contribution is -0.118. The molecule has 0 aliphatic heterocycles. The summed E-state index contributed by atoms with van der Waals surface area (Å²) >= 11 is 0. The largest absolute Gasteiger partial charge is 0.293 e. The number of Topliss-reactive ketones (excluding diaryl/α,β-unsaturated/α-hetero) is 3. The molecule has 1 atom stereocenters. The van der Waals surface area contributed by atoms with Crippen molar-refractivity contribution < 1.29 is 14.4 Å². The van der Waals surface area contributed by atoms with Gasteiger partial charge in [-0.2, -0.15) is 0 Å². The van der Waals surface area contributed by atoms with E-state index in [1.165, 1.54) is 6.42 Å². The molecular weight excluding hydrogens is 264 g/mol. The van der Waals surface area contributed by atoms with Gasteiger partial charge in [-0.1, -0.05) is 50.5 Å². The third-order valence-corrected chi connectivity index (χ3v) is 5.05. The minimum absolute atomic E-state index is 0.0147. The van der Waals surface area contributed by atoms with E-state index in [2.05, 4.69) is 6.92 Å². The van der Waals surface area contributed by atoms with E-state index in [0.717, 1.165) is 25.7 Å². The molecule has 0 bridgehead atoms. The molecule has 1 unspecified atom stereocenters. The molecule has 3 nitrogen and oxygen atoms in total. The van der Waals surface area contributed by atoms with Gasteiger partial charge in [-0.25, -0.2) is 0 Å². The molecule has 1 aromatic carbocycles. The molecule has 0 N–H and O–H groups in total. The fraction of sp³-hybridized carbons (Fsp3) is 0.500. The second-order valence-electron chi connectivity index (χ2n) is 6.73. The van der Waals surface area contributed by atoms with Crippen LogP contribution in [0.3, 0.4) is 0 Å². The standard InChI is InChI=1S/C18H20O3/c1-18(9-5-2-6-10-18)11-14-15(19)12-7-3-4-8-13(12)16(20)17(14)21/h3-4,7-8,14H,2,5-6,9-11H2,1H3. The van der Waals surface area contributed by atoms with Crippen LogP contribution >= 0.6 is 0 Å². The molecule has 3 heteroatoms. The number of benzene rings is 1. The highest BCUT2D eigenvalue weighted by Crippen LogP contribution is 2.42. The Bertz CT molecular complexity index is 609. The minimum atomic E-state index is -0.768. The Morgan fingerprint density at radius 3 is 2.24 bits per heavy atom. The summed E-state index contributed by atoms with van der Waals surface area (Å²) in [5.74, 6) is -1.93. The van der Waals surface area contributed by atoms with E-state index in [1.54, 1.807) is 24.3 Å². The van der Waals surface area contributed by atoms with Crippen LogP contribution in [0.4, 0.5) is 0 Å². The summed E-state index contributed by atoms with van der Waals surface area (Å²) in [7, 11) is 0. The van der Waals surface area contributed by atoms with Crippen LogP contribution in [0.5, 0.6) is 0 Å². The van der Waals surface area contributed by atoms with E-state index in [4.69, 9.17) is 0 Å². The fourth-order valence-corrected chi connectivity index (χ4v) is 3.78.